The molecule has 0 radical (unpaired) electrons. The van der Waals surface area contributed by atoms with E-state index in [9.17, 15) is 18.0 Å². The number of methoxy groups -OCH3 is 1. The van der Waals surface area contributed by atoms with Crippen molar-refractivity contribution >= 4 is 33.3 Å². The smallest absolute Gasteiger partial charge is 0.349 e. The lowest BCUT2D eigenvalue weighted by Gasteiger charge is -2.35. The average Bonchev–Trinajstić information content (AvgIpc) is 3.20. The lowest BCUT2D eigenvalue weighted by atomic mass is 9.76. The molecule has 8 nitrogen and oxygen atoms in total. The van der Waals surface area contributed by atoms with Crippen LogP contribution in [-0.2, 0) is 24.3 Å². The van der Waals surface area contributed by atoms with E-state index in [1.807, 2.05) is 19.0 Å². The molecule has 3 rings (SSSR count). The number of likely N-dealkylation sites (N-methyl/N-ethyl adjacent to an activating group) is 1. The number of sulfonamides is 1. The third-order valence-corrected chi connectivity index (χ3v) is 8.16. The van der Waals surface area contributed by atoms with Gasteiger partial charge in [-0.05, 0) is 38.4 Å². The summed E-state index contributed by atoms with van der Waals surface area (Å²) in [5.41, 5.74) is -0.605. The van der Waals surface area contributed by atoms with Crippen molar-refractivity contribution in [1.82, 2.24) is 9.21 Å². The number of esters is 2. The van der Waals surface area contributed by atoms with Gasteiger partial charge in [-0.3, -0.25) is 4.79 Å². The number of carbonyl (C=O) groups is 2. The average molecular weight is 417 g/mol. The first-order valence-corrected chi connectivity index (χ1v) is 11.0. The van der Waals surface area contributed by atoms with Crippen LogP contribution in [0.3, 0.4) is 0 Å². The third-order valence-electron chi connectivity index (χ3n) is 5.19. The molecule has 2 aliphatic rings. The fraction of sp³-hybridized carbons (Fsp3) is 0.647. The molecule has 1 atom stereocenters. The van der Waals surface area contributed by atoms with E-state index in [2.05, 4.69) is 4.74 Å². The summed E-state index contributed by atoms with van der Waals surface area (Å²) in [4.78, 5) is 26.3. The Morgan fingerprint density at radius 1 is 1.41 bits per heavy atom. The Morgan fingerprint density at radius 2 is 2.07 bits per heavy atom. The van der Waals surface area contributed by atoms with Crippen molar-refractivity contribution in [2.24, 2.45) is 5.41 Å². The molecule has 2 fully saturated rings. The van der Waals surface area contributed by atoms with Crippen LogP contribution in [0.5, 0.6) is 0 Å². The molecule has 2 aliphatic heterocycles. The topological polar surface area (TPSA) is 93.2 Å². The third kappa shape index (κ3) is 3.75. The maximum atomic E-state index is 13.0. The first kappa shape index (κ1) is 20.2. The van der Waals surface area contributed by atoms with Gasteiger partial charge in [0.15, 0.2) is 0 Å². The van der Waals surface area contributed by atoms with Crippen molar-refractivity contribution in [3.8, 4) is 0 Å². The van der Waals surface area contributed by atoms with Gasteiger partial charge < -0.3 is 14.4 Å². The predicted octanol–water partition coefficient (Wildman–Crippen LogP) is 1.18. The summed E-state index contributed by atoms with van der Waals surface area (Å²) in [6.45, 7) is 1.11. The summed E-state index contributed by atoms with van der Waals surface area (Å²) >= 11 is 1.04. The van der Waals surface area contributed by atoms with Gasteiger partial charge in [0.1, 0.15) is 15.9 Å². The summed E-state index contributed by atoms with van der Waals surface area (Å²) in [7, 11) is 1.25. The lowest BCUT2D eigenvalue weighted by Crippen LogP contribution is -2.45. The van der Waals surface area contributed by atoms with Crippen molar-refractivity contribution in [1.29, 1.82) is 0 Å². The van der Waals surface area contributed by atoms with Gasteiger partial charge >= 0.3 is 11.9 Å². The van der Waals surface area contributed by atoms with E-state index in [4.69, 9.17) is 4.74 Å². The summed E-state index contributed by atoms with van der Waals surface area (Å²) < 4.78 is 37.5. The minimum Gasteiger partial charge on any atom is -0.465 e. The molecule has 1 aromatic heterocycles. The Hall–Kier alpha value is -1.49. The normalized spacial score (nSPS) is 23.0. The molecule has 10 heteroatoms. The zero-order chi connectivity index (χ0) is 19.8. The van der Waals surface area contributed by atoms with Crippen molar-refractivity contribution in [3.63, 3.8) is 0 Å². The zero-order valence-electron chi connectivity index (χ0n) is 15.6. The Labute approximate surface area is 163 Å². The number of nitrogens with zero attached hydrogens (tertiary/aromatic N) is 2. The molecule has 0 saturated carbocycles. The number of hydrogen-bond acceptors (Lipinski definition) is 8. The number of hydrogen-bond donors (Lipinski definition) is 0. The monoisotopic (exact) mass is 416 g/mol. The molecular formula is C17H24N2O6S2. The summed E-state index contributed by atoms with van der Waals surface area (Å²) in [6, 6.07) is 1.42. The van der Waals surface area contributed by atoms with Crippen molar-refractivity contribution in [3.05, 3.63) is 16.3 Å². The van der Waals surface area contributed by atoms with Crippen molar-refractivity contribution in [2.75, 3.05) is 40.8 Å². The van der Waals surface area contributed by atoms with Crippen molar-refractivity contribution < 1.29 is 27.5 Å². The Bertz CT molecular complexity index is 824. The molecule has 150 valence electrons. The van der Waals surface area contributed by atoms with E-state index in [1.165, 1.54) is 17.5 Å². The second kappa shape index (κ2) is 7.50. The molecule has 2 saturated heterocycles. The molecule has 0 aliphatic carbocycles. The molecule has 1 spiro atoms. The minimum absolute atomic E-state index is 0.0326. The highest BCUT2D eigenvalue weighted by molar-refractivity contribution is 7.89. The van der Waals surface area contributed by atoms with Crippen LogP contribution in [0.15, 0.2) is 16.3 Å². The minimum atomic E-state index is -3.82. The van der Waals surface area contributed by atoms with Crippen LogP contribution in [0.2, 0.25) is 0 Å². The van der Waals surface area contributed by atoms with Gasteiger partial charge in [-0.2, -0.15) is 4.31 Å². The van der Waals surface area contributed by atoms with E-state index >= 15 is 0 Å². The second-order valence-electron chi connectivity index (χ2n) is 7.28. The van der Waals surface area contributed by atoms with Crippen LogP contribution >= 0.6 is 11.3 Å². The zero-order valence-corrected chi connectivity index (χ0v) is 17.3. The molecular weight excluding hydrogens is 392 g/mol. The largest absolute Gasteiger partial charge is 0.465 e. The van der Waals surface area contributed by atoms with Crippen LogP contribution < -0.4 is 0 Å². The Morgan fingerprint density at radius 3 is 2.67 bits per heavy atom. The highest BCUT2D eigenvalue weighted by Crippen LogP contribution is 2.44. The first-order valence-electron chi connectivity index (χ1n) is 8.71. The molecule has 27 heavy (non-hydrogen) atoms. The van der Waals surface area contributed by atoms with Crippen LogP contribution in [0, 0.1) is 5.41 Å². The van der Waals surface area contributed by atoms with E-state index in [0.29, 0.717) is 25.8 Å². The first-order chi connectivity index (χ1) is 12.7. The van der Waals surface area contributed by atoms with Crippen LogP contribution in [0.1, 0.15) is 28.9 Å². The van der Waals surface area contributed by atoms with Gasteiger partial charge in [-0.15, -0.1) is 11.3 Å². The molecule has 0 N–H and O–H groups in total. The fourth-order valence-corrected chi connectivity index (χ4v) is 6.54. The summed E-state index contributed by atoms with van der Waals surface area (Å²) in [5.74, 6) is -0.889. The summed E-state index contributed by atoms with van der Waals surface area (Å²) in [6.07, 6.45) is 1.31. The number of rotatable bonds is 5. The number of carbonyl (C=O) groups excluding carboxylic acids is 2. The van der Waals surface area contributed by atoms with E-state index in [1.54, 1.807) is 5.38 Å². The SMILES string of the molecule is COC(=O)c1sccc1S(=O)(=O)N1CCC2(CC1)CC(CN(C)C)OC2=O. The molecule has 0 bridgehead atoms. The quantitative estimate of drug-likeness (QED) is 0.666. The molecule has 0 aromatic carbocycles. The Balaban J connectivity index is 1.73. The van der Waals surface area contributed by atoms with Crippen LogP contribution in [0.25, 0.3) is 0 Å². The van der Waals surface area contributed by atoms with E-state index in [0.717, 1.165) is 11.3 Å². The highest BCUT2D eigenvalue weighted by atomic mass is 32.2. The van der Waals surface area contributed by atoms with Gasteiger partial charge in [-0.1, -0.05) is 0 Å². The van der Waals surface area contributed by atoms with Crippen LogP contribution in [-0.4, -0.2) is 76.5 Å². The second-order valence-corrected chi connectivity index (χ2v) is 10.1. The number of thiophene rings is 1. The maximum absolute atomic E-state index is 13.0. The lowest BCUT2D eigenvalue weighted by molar-refractivity contribution is -0.150. The van der Waals surface area contributed by atoms with Gasteiger partial charge in [0.25, 0.3) is 0 Å². The van der Waals surface area contributed by atoms with Gasteiger partial charge in [-0.25, -0.2) is 13.2 Å². The predicted molar refractivity (Wildman–Crippen MR) is 99.1 cm³/mol. The number of cyclic esters (lactones) is 1. The highest BCUT2D eigenvalue weighted by Gasteiger charge is 2.51. The molecule has 1 unspecified atom stereocenters. The summed E-state index contributed by atoms with van der Waals surface area (Å²) in [5, 5.41) is 1.56. The maximum Gasteiger partial charge on any atom is 0.349 e. The van der Waals surface area contributed by atoms with Crippen LogP contribution in [0.4, 0.5) is 0 Å². The molecule has 1 aromatic rings. The fourth-order valence-electron chi connectivity index (χ4n) is 3.79. The van der Waals surface area contributed by atoms with Crippen molar-refractivity contribution in [2.45, 2.75) is 30.3 Å². The van der Waals surface area contributed by atoms with E-state index < -0.39 is 21.4 Å². The van der Waals surface area contributed by atoms with Gasteiger partial charge in [0.05, 0.1) is 12.5 Å². The van der Waals surface area contributed by atoms with E-state index in [-0.39, 0.29) is 34.9 Å². The van der Waals surface area contributed by atoms with Gasteiger partial charge in [0, 0.05) is 26.1 Å². The number of ether oxygens (including phenoxy) is 2. The number of piperidine rings is 1. The molecule has 0 amide bonds. The molecule has 3 heterocycles. The van der Waals surface area contributed by atoms with Gasteiger partial charge in [0.2, 0.25) is 10.0 Å². The standard InChI is InChI=1S/C17H24N2O6S2/c1-18(2)11-12-10-17(16(21)25-12)5-7-19(8-6-17)27(22,23)13-4-9-26-14(13)15(20)24-3/h4,9,12H,5-8,10-11H2,1-3H3. The Kier molecular flexibility index (Phi) is 5.62.